The average Bonchev–Trinajstić information content (AvgIpc) is 2.19. The Morgan fingerprint density at radius 1 is 1.50 bits per heavy atom. The number of nitrogens with two attached hydrogens (primary N) is 1. The van der Waals surface area contributed by atoms with Crippen molar-refractivity contribution >= 4 is 11.8 Å². The van der Waals surface area contributed by atoms with E-state index in [1.165, 1.54) is 6.07 Å². The minimum Gasteiger partial charge on any atom is -0.329 e. The summed E-state index contributed by atoms with van der Waals surface area (Å²) in [7, 11) is 0. The molecule has 0 spiro atoms. The first-order valence-corrected chi connectivity index (χ1v) is 5.75. The highest BCUT2D eigenvalue weighted by atomic mass is 32.2. The van der Waals surface area contributed by atoms with Gasteiger partial charge in [-0.2, -0.15) is 11.8 Å². The normalized spacial score (nSPS) is 12.9. The largest absolute Gasteiger partial charge is 0.329 e. The van der Waals surface area contributed by atoms with Gasteiger partial charge in [-0.05, 0) is 30.2 Å². The molecule has 0 amide bonds. The molecular formula is C11H16FNS. The summed E-state index contributed by atoms with van der Waals surface area (Å²) >= 11 is 1.76. The smallest absolute Gasteiger partial charge is 0.123 e. The van der Waals surface area contributed by atoms with Crippen molar-refractivity contribution in [3.63, 3.8) is 0 Å². The lowest BCUT2D eigenvalue weighted by molar-refractivity contribution is 0.626. The average molecular weight is 213 g/mol. The topological polar surface area (TPSA) is 26.0 Å². The Morgan fingerprint density at radius 2 is 2.21 bits per heavy atom. The van der Waals surface area contributed by atoms with E-state index >= 15 is 0 Å². The number of rotatable bonds is 4. The molecule has 1 atom stereocenters. The SMILES string of the molecule is Cc1ccc(F)cc1CSC(C)CN. The van der Waals surface area contributed by atoms with Gasteiger partial charge in [-0.15, -0.1) is 0 Å². The maximum atomic E-state index is 12.9. The summed E-state index contributed by atoms with van der Waals surface area (Å²) in [6.45, 7) is 4.75. The summed E-state index contributed by atoms with van der Waals surface area (Å²) in [4.78, 5) is 0. The Bertz CT molecular complexity index is 301. The maximum absolute atomic E-state index is 12.9. The first-order chi connectivity index (χ1) is 6.63. The van der Waals surface area contributed by atoms with Gasteiger partial charge >= 0.3 is 0 Å². The van der Waals surface area contributed by atoms with Gasteiger partial charge in [0.25, 0.3) is 0 Å². The van der Waals surface area contributed by atoms with E-state index in [0.29, 0.717) is 11.8 Å². The van der Waals surface area contributed by atoms with Crippen LogP contribution in [-0.4, -0.2) is 11.8 Å². The van der Waals surface area contributed by atoms with Crippen LogP contribution < -0.4 is 5.73 Å². The Labute approximate surface area is 88.9 Å². The predicted octanol–water partition coefficient (Wildman–Crippen LogP) is 2.71. The third-order valence-corrected chi connectivity index (χ3v) is 3.41. The second-order valence-corrected chi connectivity index (χ2v) is 4.85. The molecular weight excluding hydrogens is 197 g/mol. The zero-order chi connectivity index (χ0) is 10.6. The first-order valence-electron chi connectivity index (χ1n) is 4.70. The summed E-state index contributed by atoms with van der Waals surface area (Å²) in [5, 5.41) is 0.428. The van der Waals surface area contributed by atoms with Gasteiger partial charge in [-0.25, -0.2) is 4.39 Å². The van der Waals surface area contributed by atoms with Crippen molar-refractivity contribution in [2.75, 3.05) is 6.54 Å². The summed E-state index contributed by atoms with van der Waals surface area (Å²) in [5.74, 6) is 0.675. The molecule has 1 unspecified atom stereocenters. The van der Waals surface area contributed by atoms with E-state index in [1.54, 1.807) is 17.8 Å². The van der Waals surface area contributed by atoms with Gasteiger partial charge in [0.15, 0.2) is 0 Å². The van der Waals surface area contributed by atoms with E-state index in [4.69, 9.17) is 5.73 Å². The Kier molecular flexibility index (Phi) is 4.42. The van der Waals surface area contributed by atoms with Gasteiger partial charge in [-0.1, -0.05) is 13.0 Å². The number of benzene rings is 1. The second-order valence-electron chi connectivity index (χ2n) is 3.43. The molecule has 78 valence electrons. The lowest BCUT2D eigenvalue weighted by Gasteiger charge is -2.09. The van der Waals surface area contributed by atoms with E-state index in [-0.39, 0.29) is 5.82 Å². The van der Waals surface area contributed by atoms with Crippen molar-refractivity contribution in [1.29, 1.82) is 0 Å². The Balaban J connectivity index is 2.62. The number of hydrogen-bond acceptors (Lipinski definition) is 2. The first kappa shape index (κ1) is 11.5. The van der Waals surface area contributed by atoms with Crippen LogP contribution in [0, 0.1) is 12.7 Å². The molecule has 0 heterocycles. The number of thioether (sulfide) groups is 1. The molecule has 0 aliphatic rings. The van der Waals surface area contributed by atoms with E-state index in [9.17, 15) is 4.39 Å². The van der Waals surface area contributed by atoms with Crippen molar-refractivity contribution in [3.8, 4) is 0 Å². The summed E-state index contributed by atoms with van der Waals surface area (Å²) in [6, 6.07) is 4.92. The van der Waals surface area contributed by atoms with E-state index in [1.807, 2.05) is 13.0 Å². The molecule has 0 bridgehead atoms. The highest BCUT2D eigenvalue weighted by Gasteiger charge is 2.03. The third-order valence-electron chi connectivity index (χ3n) is 2.17. The molecule has 14 heavy (non-hydrogen) atoms. The zero-order valence-corrected chi connectivity index (χ0v) is 9.40. The molecule has 0 aliphatic carbocycles. The zero-order valence-electron chi connectivity index (χ0n) is 8.59. The van der Waals surface area contributed by atoms with Crippen LogP contribution in [0.25, 0.3) is 0 Å². The Morgan fingerprint density at radius 3 is 2.86 bits per heavy atom. The van der Waals surface area contributed by atoms with Crippen LogP contribution in [0.5, 0.6) is 0 Å². The van der Waals surface area contributed by atoms with Crippen molar-refractivity contribution < 1.29 is 4.39 Å². The highest BCUT2D eigenvalue weighted by molar-refractivity contribution is 7.99. The van der Waals surface area contributed by atoms with E-state index in [2.05, 4.69) is 6.92 Å². The fourth-order valence-electron chi connectivity index (χ4n) is 1.10. The number of aryl methyl sites for hydroxylation is 1. The predicted molar refractivity (Wildman–Crippen MR) is 60.9 cm³/mol. The second kappa shape index (κ2) is 5.37. The van der Waals surface area contributed by atoms with E-state index < -0.39 is 0 Å². The number of hydrogen-bond donors (Lipinski definition) is 1. The van der Waals surface area contributed by atoms with Crippen molar-refractivity contribution in [2.45, 2.75) is 24.9 Å². The molecule has 1 aromatic rings. The third kappa shape index (κ3) is 3.31. The van der Waals surface area contributed by atoms with Crippen LogP contribution in [0.3, 0.4) is 0 Å². The summed E-state index contributed by atoms with van der Waals surface area (Å²) in [5.41, 5.74) is 7.72. The van der Waals surface area contributed by atoms with Crippen LogP contribution in [0.15, 0.2) is 18.2 Å². The van der Waals surface area contributed by atoms with Gasteiger partial charge in [0.2, 0.25) is 0 Å². The monoisotopic (exact) mass is 213 g/mol. The molecule has 0 aromatic heterocycles. The van der Waals surface area contributed by atoms with Crippen molar-refractivity contribution in [3.05, 3.63) is 35.1 Å². The van der Waals surface area contributed by atoms with Crippen LogP contribution in [0.1, 0.15) is 18.1 Å². The fourth-order valence-corrected chi connectivity index (χ4v) is 2.01. The van der Waals surface area contributed by atoms with Gasteiger partial charge < -0.3 is 5.73 Å². The van der Waals surface area contributed by atoms with Gasteiger partial charge in [0.05, 0.1) is 0 Å². The van der Waals surface area contributed by atoms with Crippen LogP contribution in [0.2, 0.25) is 0 Å². The quantitative estimate of drug-likeness (QED) is 0.832. The number of halogens is 1. The molecule has 0 saturated heterocycles. The summed E-state index contributed by atoms with van der Waals surface area (Å²) in [6.07, 6.45) is 0. The minimum absolute atomic E-state index is 0.161. The molecule has 0 radical (unpaired) electrons. The van der Waals surface area contributed by atoms with Crippen LogP contribution in [0.4, 0.5) is 4.39 Å². The van der Waals surface area contributed by atoms with Gasteiger partial charge in [0.1, 0.15) is 5.82 Å². The van der Waals surface area contributed by atoms with Gasteiger partial charge in [-0.3, -0.25) is 0 Å². The molecule has 1 rings (SSSR count). The molecule has 0 aliphatic heterocycles. The van der Waals surface area contributed by atoms with Crippen molar-refractivity contribution in [2.24, 2.45) is 5.73 Å². The summed E-state index contributed by atoms with van der Waals surface area (Å²) < 4.78 is 12.9. The molecule has 1 aromatic carbocycles. The minimum atomic E-state index is -0.161. The standard InChI is InChI=1S/C11H16FNS/c1-8-3-4-11(12)5-10(8)7-14-9(2)6-13/h3-5,9H,6-7,13H2,1-2H3. The molecule has 1 nitrogen and oxygen atoms in total. The van der Waals surface area contributed by atoms with Gasteiger partial charge in [0, 0.05) is 17.5 Å². The Hall–Kier alpha value is -0.540. The van der Waals surface area contributed by atoms with Crippen molar-refractivity contribution in [1.82, 2.24) is 0 Å². The lowest BCUT2D eigenvalue weighted by Crippen LogP contribution is -2.12. The molecule has 2 N–H and O–H groups in total. The molecule has 3 heteroatoms. The van der Waals surface area contributed by atoms with E-state index in [0.717, 1.165) is 16.9 Å². The maximum Gasteiger partial charge on any atom is 0.123 e. The highest BCUT2D eigenvalue weighted by Crippen LogP contribution is 2.20. The van der Waals surface area contributed by atoms with Crippen LogP contribution >= 0.6 is 11.8 Å². The fraction of sp³-hybridized carbons (Fsp3) is 0.455. The van der Waals surface area contributed by atoms with Crippen LogP contribution in [-0.2, 0) is 5.75 Å². The lowest BCUT2D eigenvalue weighted by atomic mass is 10.1. The molecule has 0 fully saturated rings. The molecule has 0 saturated carbocycles.